The topological polar surface area (TPSA) is 63.3 Å². The third-order valence-electron chi connectivity index (χ3n) is 4.74. The van der Waals surface area contributed by atoms with E-state index in [-0.39, 0.29) is 17.9 Å². The summed E-state index contributed by atoms with van der Waals surface area (Å²) in [7, 11) is 1.55. The minimum atomic E-state index is -4.51. The molecule has 0 fully saturated rings. The van der Waals surface area contributed by atoms with Gasteiger partial charge in [0.1, 0.15) is 11.6 Å². The summed E-state index contributed by atoms with van der Waals surface area (Å²) in [5.74, 6) is 0.0288. The lowest BCUT2D eigenvalue weighted by Crippen LogP contribution is -2.35. The highest BCUT2D eigenvalue weighted by molar-refractivity contribution is 6.04. The molecule has 0 bridgehead atoms. The normalized spacial score (nSPS) is 19.0. The summed E-state index contributed by atoms with van der Waals surface area (Å²) in [6.45, 7) is 0. The molecule has 3 aromatic rings. The molecule has 1 aliphatic heterocycles. The molecule has 4 rings (SSSR count). The summed E-state index contributed by atoms with van der Waals surface area (Å²) in [6, 6.07) is 10.9. The number of nitrogens with one attached hydrogen (secondary N) is 1. The Morgan fingerprint density at radius 1 is 1.25 bits per heavy atom. The smallest absolute Gasteiger partial charge is 0.410 e. The van der Waals surface area contributed by atoms with E-state index in [4.69, 9.17) is 4.42 Å². The van der Waals surface area contributed by atoms with Gasteiger partial charge in [-0.1, -0.05) is 18.2 Å². The minimum absolute atomic E-state index is 0.0665. The van der Waals surface area contributed by atoms with Crippen LogP contribution in [-0.2, 0) is 0 Å². The van der Waals surface area contributed by atoms with Gasteiger partial charge in [0.05, 0.1) is 12.3 Å². The highest BCUT2D eigenvalue weighted by Gasteiger charge is 2.47. The van der Waals surface area contributed by atoms with E-state index in [0.717, 1.165) is 4.68 Å². The first-order valence-electron chi connectivity index (χ1n) is 8.64. The van der Waals surface area contributed by atoms with Crippen LogP contribution in [0.25, 0.3) is 0 Å². The first-order chi connectivity index (χ1) is 13.3. The predicted octanol–water partition coefficient (Wildman–Crippen LogP) is 4.41. The highest BCUT2D eigenvalue weighted by atomic mass is 19.4. The first-order valence-corrected chi connectivity index (χ1v) is 8.64. The van der Waals surface area contributed by atoms with Gasteiger partial charge in [0.15, 0.2) is 11.7 Å². The average molecular weight is 390 g/mol. The van der Waals surface area contributed by atoms with E-state index in [1.807, 2.05) is 6.07 Å². The molecule has 0 radical (unpaired) electrons. The molecule has 2 atom stereocenters. The van der Waals surface area contributed by atoms with Crippen LogP contribution < -0.4 is 10.2 Å². The zero-order valence-corrected chi connectivity index (χ0v) is 14.8. The molecule has 1 N–H and O–H groups in total. The molecule has 1 amide bonds. The number of fused-ring (bicyclic) bond motifs is 1. The van der Waals surface area contributed by atoms with Gasteiger partial charge in [0.2, 0.25) is 0 Å². The number of halogens is 3. The fourth-order valence-corrected chi connectivity index (χ4v) is 3.29. The van der Waals surface area contributed by atoms with Gasteiger partial charge < -0.3 is 14.6 Å². The van der Waals surface area contributed by atoms with Gasteiger partial charge in [0, 0.05) is 25.2 Å². The molecule has 28 heavy (non-hydrogen) atoms. The minimum Gasteiger partial charge on any atom is -0.467 e. The van der Waals surface area contributed by atoms with Crippen LogP contribution in [-0.4, -0.2) is 28.9 Å². The van der Waals surface area contributed by atoms with Crippen LogP contribution in [0.4, 0.5) is 24.7 Å². The summed E-state index contributed by atoms with van der Waals surface area (Å²) < 4.78 is 47.1. The lowest BCUT2D eigenvalue weighted by molar-refractivity contribution is -0.174. The van der Waals surface area contributed by atoms with Gasteiger partial charge in [-0.15, -0.1) is 0 Å². The van der Waals surface area contributed by atoms with E-state index in [1.165, 1.54) is 17.2 Å². The van der Waals surface area contributed by atoms with Crippen LogP contribution in [0.2, 0.25) is 0 Å². The van der Waals surface area contributed by atoms with Gasteiger partial charge in [-0.25, -0.2) is 4.68 Å². The predicted molar refractivity (Wildman–Crippen MR) is 96.2 cm³/mol. The largest absolute Gasteiger partial charge is 0.467 e. The number of aromatic nitrogens is 2. The number of amides is 1. The third-order valence-corrected chi connectivity index (χ3v) is 4.74. The van der Waals surface area contributed by atoms with Gasteiger partial charge in [-0.2, -0.15) is 18.3 Å². The van der Waals surface area contributed by atoms with Gasteiger partial charge in [-0.3, -0.25) is 4.79 Å². The molecule has 0 aliphatic carbocycles. The Morgan fingerprint density at radius 2 is 2.00 bits per heavy atom. The molecule has 1 aromatic carbocycles. The number of nitrogens with zero attached hydrogens (tertiary/aromatic N) is 3. The van der Waals surface area contributed by atoms with Crippen LogP contribution in [0.1, 0.15) is 34.8 Å². The van der Waals surface area contributed by atoms with E-state index in [0.29, 0.717) is 11.4 Å². The van der Waals surface area contributed by atoms with Crippen LogP contribution in [0, 0.1) is 0 Å². The molecule has 0 saturated carbocycles. The van der Waals surface area contributed by atoms with E-state index < -0.39 is 24.2 Å². The Labute approximate surface area is 158 Å². The number of anilines is 2. The second kappa shape index (κ2) is 6.74. The summed E-state index contributed by atoms with van der Waals surface area (Å²) in [6.07, 6.45) is -3.39. The number of carbonyl (C=O) groups excluding carboxylic acids is 1. The van der Waals surface area contributed by atoms with Gasteiger partial charge in [-0.05, 0) is 24.3 Å². The standard InChI is InChI=1S/C19H17F3N4O2/c1-25(12-6-3-2-4-7-12)18(27)14-11-17-23-13(15-8-5-9-28-15)10-16(19(20,21)22)26(17)24-14/h2-9,11,13,16,23H,10H2,1H3. The molecular weight excluding hydrogens is 373 g/mol. The maximum absolute atomic E-state index is 13.7. The van der Waals surface area contributed by atoms with Crippen molar-refractivity contribution in [1.82, 2.24) is 9.78 Å². The van der Waals surface area contributed by atoms with Gasteiger partial charge >= 0.3 is 6.18 Å². The zero-order valence-electron chi connectivity index (χ0n) is 14.8. The van der Waals surface area contributed by atoms with Crippen LogP contribution >= 0.6 is 0 Å². The van der Waals surface area contributed by atoms with Crippen LogP contribution in [0.3, 0.4) is 0 Å². The number of furan rings is 1. The van der Waals surface area contributed by atoms with E-state index in [1.54, 1.807) is 43.4 Å². The number of benzene rings is 1. The van der Waals surface area contributed by atoms with Crippen molar-refractivity contribution in [3.63, 3.8) is 0 Å². The Bertz CT molecular complexity index is 967. The molecule has 9 heteroatoms. The average Bonchev–Trinajstić information content (AvgIpc) is 3.35. The van der Waals surface area contributed by atoms with E-state index >= 15 is 0 Å². The number of carbonyl (C=O) groups is 1. The van der Waals surface area contributed by atoms with Crippen molar-refractivity contribution in [2.24, 2.45) is 0 Å². The quantitative estimate of drug-likeness (QED) is 0.720. The third kappa shape index (κ3) is 3.23. The number of alkyl halides is 3. The molecule has 3 heterocycles. The summed E-state index contributed by atoms with van der Waals surface area (Å²) in [4.78, 5) is 14.1. The van der Waals surface area contributed by atoms with Crippen LogP contribution in [0.5, 0.6) is 0 Å². The van der Waals surface area contributed by atoms with Crippen molar-refractivity contribution >= 4 is 17.4 Å². The molecule has 2 aromatic heterocycles. The summed E-state index contributed by atoms with van der Waals surface area (Å²) >= 11 is 0. The van der Waals surface area contributed by atoms with E-state index in [2.05, 4.69) is 10.4 Å². The summed E-state index contributed by atoms with van der Waals surface area (Å²) in [5, 5.41) is 6.96. The maximum Gasteiger partial charge on any atom is 0.410 e. The van der Waals surface area contributed by atoms with E-state index in [9.17, 15) is 18.0 Å². The maximum atomic E-state index is 13.7. The molecular formula is C19H17F3N4O2. The van der Waals surface area contributed by atoms with Gasteiger partial charge in [0.25, 0.3) is 5.91 Å². The number of hydrogen-bond acceptors (Lipinski definition) is 4. The zero-order chi connectivity index (χ0) is 19.9. The first kappa shape index (κ1) is 18.1. The van der Waals surface area contributed by atoms with Crippen molar-refractivity contribution in [3.8, 4) is 0 Å². The molecule has 146 valence electrons. The Morgan fingerprint density at radius 3 is 2.64 bits per heavy atom. The van der Waals surface area contributed by atoms with Crippen molar-refractivity contribution < 1.29 is 22.4 Å². The number of rotatable bonds is 3. The van der Waals surface area contributed by atoms with Crippen molar-refractivity contribution in [2.45, 2.75) is 24.7 Å². The molecule has 6 nitrogen and oxygen atoms in total. The second-order valence-corrected chi connectivity index (χ2v) is 6.56. The number of hydrogen-bond donors (Lipinski definition) is 1. The fourth-order valence-electron chi connectivity index (χ4n) is 3.29. The monoisotopic (exact) mass is 390 g/mol. The lowest BCUT2D eigenvalue weighted by atomic mass is 10.0. The fraction of sp³-hybridized carbons (Fsp3) is 0.263. The molecule has 2 unspecified atom stereocenters. The van der Waals surface area contributed by atoms with Crippen molar-refractivity contribution in [1.29, 1.82) is 0 Å². The Hall–Kier alpha value is -3.23. The van der Waals surface area contributed by atoms with Crippen LogP contribution in [0.15, 0.2) is 59.2 Å². The molecule has 0 spiro atoms. The SMILES string of the molecule is CN(C(=O)c1cc2n(n1)C(C(F)(F)F)CC(c1ccco1)N2)c1ccccc1. The summed E-state index contributed by atoms with van der Waals surface area (Å²) in [5.41, 5.74) is 0.551. The molecule has 0 saturated heterocycles. The van der Waals surface area contributed by atoms with Crippen molar-refractivity contribution in [3.05, 3.63) is 66.2 Å². The number of para-hydroxylation sites is 1. The molecule has 1 aliphatic rings. The lowest BCUT2D eigenvalue weighted by Gasteiger charge is -2.32. The Balaban J connectivity index is 1.68. The Kier molecular flexibility index (Phi) is 4.37. The second-order valence-electron chi connectivity index (χ2n) is 6.56. The van der Waals surface area contributed by atoms with Crippen molar-refractivity contribution in [2.75, 3.05) is 17.3 Å². The highest BCUT2D eigenvalue weighted by Crippen LogP contribution is 2.43.